The van der Waals surface area contributed by atoms with Crippen LogP contribution >= 0.6 is 0 Å². The van der Waals surface area contributed by atoms with E-state index in [4.69, 9.17) is 13.9 Å². The van der Waals surface area contributed by atoms with Crippen molar-refractivity contribution < 1.29 is 18.7 Å². The topological polar surface area (TPSA) is 65.7 Å². The standard InChI is InChI=1S/C20H16O5/c1-23-15-8-10-18(24-2)14(11-15)7-9-17(21)16-12-13-5-3-4-6-19(13)25-20(16)22/h3-12H,1-2H3/b9-7+. The van der Waals surface area contributed by atoms with Crippen molar-refractivity contribution in [1.29, 1.82) is 0 Å². The van der Waals surface area contributed by atoms with Gasteiger partial charge in [-0.15, -0.1) is 0 Å². The molecular formula is C20H16O5. The van der Waals surface area contributed by atoms with Crippen LogP contribution in [0.4, 0.5) is 0 Å². The van der Waals surface area contributed by atoms with Gasteiger partial charge in [0.05, 0.1) is 14.2 Å². The maximum absolute atomic E-state index is 12.4. The molecule has 3 rings (SSSR count). The van der Waals surface area contributed by atoms with Crippen molar-refractivity contribution >= 4 is 22.8 Å². The van der Waals surface area contributed by atoms with Gasteiger partial charge in [0, 0.05) is 10.9 Å². The van der Waals surface area contributed by atoms with E-state index in [2.05, 4.69) is 0 Å². The molecule has 0 unspecified atom stereocenters. The Bertz CT molecular complexity index is 1010. The molecule has 0 aliphatic rings. The molecule has 3 aromatic rings. The molecule has 126 valence electrons. The Hall–Kier alpha value is -3.34. The Kier molecular flexibility index (Phi) is 4.66. The predicted octanol–water partition coefficient (Wildman–Crippen LogP) is 3.71. The third-order valence-electron chi connectivity index (χ3n) is 3.76. The van der Waals surface area contributed by atoms with Gasteiger partial charge in [0.2, 0.25) is 0 Å². The first-order valence-corrected chi connectivity index (χ1v) is 7.59. The molecule has 0 aliphatic heterocycles. The van der Waals surface area contributed by atoms with Crippen molar-refractivity contribution in [2.24, 2.45) is 0 Å². The summed E-state index contributed by atoms with van der Waals surface area (Å²) < 4.78 is 15.6. The molecule has 0 radical (unpaired) electrons. The summed E-state index contributed by atoms with van der Waals surface area (Å²) in [4.78, 5) is 24.5. The molecule has 1 aromatic heterocycles. The molecule has 0 bridgehead atoms. The summed E-state index contributed by atoms with van der Waals surface area (Å²) in [5.41, 5.74) is 0.436. The fourth-order valence-electron chi connectivity index (χ4n) is 2.46. The lowest BCUT2D eigenvalue weighted by molar-refractivity contribution is 0.104. The number of carbonyl (C=O) groups is 1. The van der Waals surface area contributed by atoms with Crippen LogP contribution in [0, 0.1) is 0 Å². The number of methoxy groups -OCH3 is 2. The van der Waals surface area contributed by atoms with Gasteiger partial charge in [-0.2, -0.15) is 0 Å². The van der Waals surface area contributed by atoms with Crippen molar-refractivity contribution in [2.75, 3.05) is 14.2 Å². The Labute approximate surface area is 144 Å². The number of rotatable bonds is 5. The Balaban J connectivity index is 1.96. The minimum Gasteiger partial charge on any atom is -0.497 e. The number of hydrogen-bond donors (Lipinski definition) is 0. The summed E-state index contributed by atoms with van der Waals surface area (Å²) in [6, 6.07) is 13.8. The van der Waals surface area contributed by atoms with Crippen molar-refractivity contribution in [1.82, 2.24) is 0 Å². The van der Waals surface area contributed by atoms with Crippen molar-refractivity contribution in [2.45, 2.75) is 0 Å². The molecule has 0 saturated carbocycles. The molecule has 5 heteroatoms. The van der Waals surface area contributed by atoms with Crippen LogP contribution in [-0.2, 0) is 0 Å². The lowest BCUT2D eigenvalue weighted by atomic mass is 10.1. The fourth-order valence-corrected chi connectivity index (χ4v) is 2.46. The Morgan fingerprint density at radius 3 is 2.60 bits per heavy atom. The third kappa shape index (κ3) is 3.45. The van der Waals surface area contributed by atoms with E-state index < -0.39 is 11.4 Å². The van der Waals surface area contributed by atoms with Crippen LogP contribution in [0.5, 0.6) is 11.5 Å². The normalized spacial score (nSPS) is 11.0. The molecule has 2 aromatic carbocycles. The number of ketones is 1. The van der Waals surface area contributed by atoms with E-state index in [1.165, 1.54) is 12.1 Å². The highest BCUT2D eigenvalue weighted by Gasteiger charge is 2.11. The molecule has 5 nitrogen and oxygen atoms in total. The average molecular weight is 336 g/mol. The molecule has 0 aliphatic carbocycles. The maximum Gasteiger partial charge on any atom is 0.347 e. The minimum absolute atomic E-state index is 0.0168. The van der Waals surface area contributed by atoms with Crippen LogP contribution in [0.3, 0.4) is 0 Å². The first-order valence-electron chi connectivity index (χ1n) is 7.59. The first kappa shape index (κ1) is 16.5. The molecule has 0 saturated heterocycles. The molecule has 1 heterocycles. The number of fused-ring (bicyclic) bond motifs is 1. The van der Waals surface area contributed by atoms with Crippen LogP contribution in [0.2, 0.25) is 0 Å². The molecule has 0 amide bonds. The van der Waals surface area contributed by atoms with E-state index >= 15 is 0 Å². The van der Waals surface area contributed by atoms with E-state index in [1.807, 2.05) is 6.07 Å². The van der Waals surface area contributed by atoms with Crippen molar-refractivity contribution in [3.05, 3.63) is 76.2 Å². The van der Waals surface area contributed by atoms with E-state index in [0.717, 1.165) is 0 Å². The summed E-state index contributed by atoms with van der Waals surface area (Å²) >= 11 is 0. The van der Waals surface area contributed by atoms with Gasteiger partial charge < -0.3 is 13.9 Å². The Morgan fingerprint density at radius 2 is 1.84 bits per heavy atom. The number of ether oxygens (including phenoxy) is 2. The van der Waals surface area contributed by atoms with Gasteiger partial charge in [-0.05, 0) is 42.5 Å². The molecular weight excluding hydrogens is 320 g/mol. The van der Waals surface area contributed by atoms with Gasteiger partial charge in [-0.1, -0.05) is 18.2 Å². The fraction of sp³-hybridized carbons (Fsp3) is 0.100. The summed E-state index contributed by atoms with van der Waals surface area (Å²) in [7, 11) is 3.10. The maximum atomic E-state index is 12.4. The van der Waals surface area contributed by atoms with E-state index in [-0.39, 0.29) is 5.56 Å². The summed E-state index contributed by atoms with van der Waals surface area (Å²) in [5, 5.41) is 0.692. The molecule has 25 heavy (non-hydrogen) atoms. The van der Waals surface area contributed by atoms with Crippen LogP contribution < -0.4 is 15.1 Å². The number of benzene rings is 2. The summed E-state index contributed by atoms with van der Waals surface area (Å²) in [6.07, 6.45) is 2.90. The van der Waals surface area contributed by atoms with Gasteiger partial charge in [0.1, 0.15) is 22.6 Å². The SMILES string of the molecule is COc1ccc(OC)c(/C=C/C(=O)c2cc3ccccc3oc2=O)c1. The largest absolute Gasteiger partial charge is 0.497 e. The first-order chi connectivity index (χ1) is 12.1. The zero-order valence-electron chi connectivity index (χ0n) is 13.8. The van der Waals surface area contributed by atoms with Crippen molar-refractivity contribution in [3.8, 4) is 11.5 Å². The molecule has 0 N–H and O–H groups in total. The monoisotopic (exact) mass is 336 g/mol. The zero-order valence-corrected chi connectivity index (χ0v) is 13.8. The third-order valence-corrected chi connectivity index (χ3v) is 3.76. The number of hydrogen-bond acceptors (Lipinski definition) is 5. The number of carbonyl (C=O) groups excluding carboxylic acids is 1. The second kappa shape index (κ2) is 7.05. The van der Waals surface area contributed by atoms with Gasteiger partial charge >= 0.3 is 5.63 Å². The minimum atomic E-state index is -0.661. The van der Waals surface area contributed by atoms with Crippen LogP contribution in [-0.4, -0.2) is 20.0 Å². The van der Waals surface area contributed by atoms with Gasteiger partial charge in [0.25, 0.3) is 0 Å². The molecule has 0 spiro atoms. The van der Waals surface area contributed by atoms with Crippen molar-refractivity contribution in [3.63, 3.8) is 0 Å². The highest BCUT2D eigenvalue weighted by molar-refractivity contribution is 6.07. The summed E-state index contributed by atoms with van der Waals surface area (Å²) in [6.45, 7) is 0. The van der Waals surface area contributed by atoms with E-state index in [1.54, 1.807) is 56.7 Å². The highest BCUT2D eigenvalue weighted by Crippen LogP contribution is 2.25. The lowest BCUT2D eigenvalue weighted by Gasteiger charge is -2.07. The smallest absolute Gasteiger partial charge is 0.347 e. The quantitative estimate of drug-likeness (QED) is 0.404. The van der Waals surface area contributed by atoms with Gasteiger partial charge in [-0.3, -0.25) is 4.79 Å². The summed E-state index contributed by atoms with van der Waals surface area (Å²) in [5.74, 6) is 0.790. The second-order valence-electron chi connectivity index (χ2n) is 5.29. The van der Waals surface area contributed by atoms with Crippen LogP contribution in [0.25, 0.3) is 17.0 Å². The van der Waals surface area contributed by atoms with Gasteiger partial charge in [-0.25, -0.2) is 4.79 Å². The number of allylic oxidation sites excluding steroid dienone is 1. The van der Waals surface area contributed by atoms with E-state index in [9.17, 15) is 9.59 Å². The Morgan fingerprint density at radius 1 is 1.04 bits per heavy atom. The lowest BCUT2D eigenvalue weighted by Crippen LogP contribution is -2.11. The molecule has 0 atom stereocenters. The van der Waals surface area contributed by atoms with E-state index in [0.29, 0.717) is 28.0 Å². The second-order valence-corrected chi connectivity index (χ2v) is 5.29. The van der Waals surface area contributed by atoms with Gasteiger partial charge in [0.15, 0.2) is 5.78 Å². The molecule has 0 fully saturated rings. The average Bonchev–Trinajstić information content (AvgIpc) is 2.65. The van der Waals surface area contributed by atoms with Crippen LogP contribution in [0.15, 0.2) is 63.8 Å². The zero-order chi connectivity index (χ0) is 17.8. The highest BCUT2D eigenvalue weighted by atomic mass is 16.5. The van der Waals surface area contributed by atoms with Crippen LogP contribution in [0.1, 0.15) is 15.9 Å². The predicted molar refractivity (Wildman–Crippen MR) is 95.4 cm³/mol. The number of para-hydroxylation sites is 1.